The van der Waals surface area contributed by atoms with Crippen LogP contribution in [-0.4, -0.2) is 29.3 Å². The number of alkyl halides is 1. The highest BCUT2D eigenvalue weighted by molar-refractivity contribution is 6.18. The second-order valence-corrected chi connectivity index (χ2v) is 4.98. The Balaban J connectivity index is 3.01. The first-order chi connectivity index (χ1) is 7.97. The van der Waals surface area contributed by atoms with Gasteiger partial charge in [-0.1, -0.05) is 17.7 Å². The minimum Gasteiger partial charge on any atom is -0.335 e. The number of rotatable bonds is 4. The molecule has 1 rings (SSSR count). The van der Waals surface area contributed by atoms with Crippen molar-refractivity contribution in [1.29, 1.82) is 0 Å². The fourth-order valence-corrected chi connectivity index (χ4v) is 2.08. The smallest absolute Gasteiger partial charge is 0.254 e. The quantitative estimate of drug-likeness (QED) is 0.754. The van der Waals surface area contributed by atoms with E-state index in [4.69, 9.17) is 11.6 Å². The number of amides is 1. The van der Waals surface area contributed by atoms with Crippen molar-refractivity contribution >= 4 is 17.5 Å². The molecule has 0 aliphatic heterocycles. The van der Waals surface area contributed by atoms with Gasteiger partial charge in [-0.15, -0.1) is 11.6 Å². The van der Waals surface area contributed by atoms with E-state index in [-0.39, 0.29) is 11.9 Å². The standard InChI is InChI=1S/C14H20ClNO/c1-10(2)16(8-7-15)14(17)13-6-5-11(3)9-12(13)4/h5-6,9-10H,7-8H2,1-4H3. The van der Waals surface area contributed by atoms with Gasteiger partial charge in [0, 0.05) is 24.0 Å². The van der Waals surface area contributed by atoms with Crippen LogP contribution in [-0.2, 0) is 0 Å². The summed E-state index contributed by atoms with van der Waals surface area (Å²) in [5, 5.41) is 0. The van der Waals surface area contributed by atoms with Crippen molar-refractivity contribution in [2.75, 3.05) is 12.4 Å². The van der Waals surface area contributed by atoms with Crippen molar-refractivity contribution < 1.29 is 4.79 Å². The van der Waals surface area contributed by atoms with Crippen molar-refractivity contribution in [2.45, 2.75) is 33.7 Å². The molecule has 0 heterocycles. The zero-order valence-corrected chi connectivity index (χ0v) is 11.7. The van der Waals surface area contributed by atoms with E-state index in [0.717, 1.165) is 11.1 Å². The summed E-state index contributed by atoms with van der Waals surface area (Å²) in [5.74, 6) is 0.535. The Kier molecular flexibility index (Phi) is 5.01. The van der Waals surface area contributed by atoms with Crippen molar-refractivity contribution in [2.24, 2.45) is 0 Å². The second-order valence-electron chi connectivity index (χ2n) is 4.60. The molecule has 0 bridgehead atoms. The van der Waals surface area contributed by atoms with Gasteiger partial charge in [-0.3, -0.25) is 4.79 Å². The van der Waals surface area contributed by atoms with Crippen molar-refractivity contribution in [3.05, 3.63) is 34.9 Å². The lowest BCUT2D eigenvalue weighted by Crippen LogP contribution is -2.38. The van der Waals surface area contributed by atoms with E-state index >= 15 is 0 Å². The predicted octanol–water partition coefficient (Wildman–Crippen LogP) is 3.39. The first-order valence-electron chi connectivity index (χ1n) is 5.91. The summed E-state index contributed by atoms with van der Waals surface area (Å²) in [6.45, 7) is 8.60. The fraction of sp³-hybridized carbons (Fsp3) is 0.500. The van der Waals surface area contributed by atoms with E-state index < -0.39 is 0 Å². The topological polar surface area (TPSA) is 20.3 Å². The lowest BCUT2D eigenvalue weighted by molar-refractivity contribution is 0.0717. The van der Waals surface area contributed by atoms with Gasteiger partial charge >= 0.3 is 0 Å². The van der Waals surface area contributed by atoms with Crippen LogP contribution in [0.3, 0.4) is 0 Å². The minimum absolute atomic E-state index is 0.0677. The lowest BCUT2D eigenvalue weighted by Gasteiger charge is -2.26. The third kappa shape index (κ3) is 3.47. The molecule has 3 heteroatoms. The highest BCUT2D eigenvalue weighted by Gasteiger charge is 2.19. The van der Waals surface area contributed by atoms with Crippen molar-refractivity contribution in [3.63, 3.8) is 0 Å². The molecule has 0 unspecified atom stereocenters. The average Bonchev–Trinajstić information content (AvgIpc) is 2.24. The summed E-state index contributed by atoms with van der Waals surface area (Å²) in [4.78, 5) is 14.2. The second kappa shape index (κ2) is 6.06. The van der Waals surface area contributed by atoms with Crippen LogP contribution in [0, 0.1) is 13.8 Å². The Hall–Kier alpha value is -1.02. The molecule has 0 atom stereocenters. The van der Waals surface area contributed by atoms with Crippen molar-refractivity contribution in [1.82, 2.24) is 4.90 Å². The number of halogens is 1. The van der Waals surface area contributed by atoms with Gasteiger partial charge in [-0.2, -0.15) is 0 Å². The van der Waals surface area contributed by atoms with E-state index in [9.17, 15) is 4.79 Å². The highest BCUT2D eigenvalue weighted by atomic mass is 35.5. The lowest BCUT2D eigenvalue weighted by atomic mass is 10.0. The first kappa shape index (κ1) is 14.0. The Morgan fingerprint density at radius 2 is 2.00 bits per heavy atom. The van der Waals surface area contributed by atoms with Gasteiger partial charge in [0.2, 0.25) is 0 Å². The molecule has 1 aromatic rings. The van der Waals surface area contributed by atoms with Crippen LogP contribution in [0.1, 0.15) is 35.3 Å². The molecule has 17 heavy (non-hydrogen) atoms. The molecule has 94 valence electrons. The number of nitrogens with zero attached hydrogens (tertiary/aromatic N) is 1. The Labute approximate surface area is 109 Å². The number of hydrogen-bond acceptors (Lipinski definition) is 1. The highest BCUT2D eigenvalue weighted by Crippen LogP contribution is 2.15. The molecule has 0 spiro atoms. The largest absolute Gasteiger partial charge is 0.335 e. The maximum absolute atomic E-state index is 12.4. The van der Waals surface area contributed by atoms with Crippen LogP contribution >= 0.6 is 11.6 Å². The Morgan fingerprint density at radius 3 is 2.47 bits per heavy atom. The molecule has 0 aliphatic carbocycles. The third-order valence-corrected chi connectivity index (χ3v) is 2.99. The molecule has 1 amide bonds. The Bertz CT molecular complexity index is 401. The van der Waals surface area contributed by atoms with Crippen LogP contribution in [0.15, 0.2) is 18.2 Å². The minimum atomic E-state index is 0.0677. The molecular formula is C14H20ClNO. The predicted molar refractivity (Wildman–Crippen MR) is 72.8 cm³/mol. The molecule has 0 saturated carbocycles. The monoisotopic (exact) mass is 253 g/mol. The average molecular weight is 254 g/mol. The summed E-state index contributed by atoms with van der Waals surface area (Å²) < 4.78 is 0. The number of hydrogen-bond donors (Lipinski definition) is 0. The molecule has 0 saturated heterocycles. The van der Waals surface area contributed by atoms with Crippen LogP contribution in [0.2, 0.25) is 0 Å². The zero-order valence-electron chi connectivity index (χ0n) is 11.0. The molecule has 1 aromatic carbocycles. The molecule has 0 fully saturated rings. The summed E-state index contributed by atoms with van der Waals surface area (Å²) in [5.41, 5.74) is 2.97. The molecule has 0 aliphatic rings. The summed E-state index contributed by atoms with van der Waals surface area (Å²) >= 11 is 5.74. The van der Waals surface area contributed by atoms with Gasteiger partial charge in [0.15, 0.2) is 0 Å². The van der Waals surface area contributed by atoms with Crippen molar-refractivity contribution in [3.8, 4) is 0 Å². The normalized spacial score (nSPS) is 10.7. The maximum atomic E-state index is 12.4. The van der Waals surface area contributed by atoms with Gasteiger partial charge in [0.25, 0.3) is 5.91 Å². The van der Waals surface area contributed by atoms with Gasteiger partial charge in [-0.25, -0.2) is 0 Å². The summed E-state index contributed by atoms with van der Waals surface area (Å²) in [6.07, 6.45) is 0. The number of benzene rings is 1. The van der Waals surface area contributed by atoms with E-state index in [0.29, 0.717) is 12.4 Å². The van der Waals surface area contributed by atoms with E-state index in [2.05, 4.69) is 0 Å². The molecule has 0 radical (unpaired) electrons. The molecule has 2 nitrogen and oxygen atoms in total. The zero-order chi connectivity index (χ0) is 13.0. The number of aryl methyl sites for hydroxylation is 2. The summed E-state index contributed by atoms with van der Waals surface area (Å²) in [6, 6.07) is 6.07. The third-order valence-electron chi connectivity index (χ3n) is 2.82. The number of carbonyl (C=O) groups excluding carboxylic acids is 1. The SMILES string of the molecule is Cc1ccc(C(=O)N(CCCl)C(C)C)c(C)c1. The van der Waals surface area contributed by atoms with Crippen LogP contribution in [0.4, 0.5) is 0 Å². The van der Waals surface area contributed by atoms with Gasteiger partial charge in [0.1, 0.15) is 0 Å². The van der Waals surface area contributed by atoms with Crippen LogP contribution in [0.25, 0.3) is 0 Å². The number of carbonyl (C=O) groups is 1. The first-order valence-corrected chi connectivity index (χ1v) is 6.45. The van der Waals surface area contributed by atoms with Gasteiger partial charge in [-0.05, 0) is 39.3 Å². The van der Waals surface area contributed by atoms with E-state index in [1.165, 1.54) is 5.56 Å². The molecule has 0 N–H and O–H groups in total. The summed E-state index contributed by atoms with van der Waals surface area (Å²) in [7, 11) is 0. The van der Waals surface area contributed by atoms with Gasteiger partial charge < -0.3 is 4.90 Å². The molecule has 0 aromatic heterocycles. The van der Waals surface area contributed by atoms with E-state index in [1.807, 2.05) is 50.8 Å². The molecular weight excluding hydrogens is 234 g/mol. The van der Waals surface area contributed by atoms with E-state index in [1.54, 1.807) is 0 Å². The Morgan fingerprint density at radius 1 is 1.35 bits per heavy atom. The van der Waals surface area contributed by atoms with Crippen LogP contribution in [0.5, 0.6) is 0 Å². The van der Waals surface area contributed by atoms with Crippen LogP contribution < -0.4 is 0 Å². The fourth-order valence-electron chi connectivity index (χ4n) is 1.89. The van der Waals surface area contributed by atoms with Gasteiger partial charge in [0.05, 0.1) is 0 Å². The maximum Gasteiger partial charge on any atom is 0.254 e.